The molecule has 14 heavy (non-hydrogen) atoms. The van der Waals surface area contributed by atoms with Crippen molar-refractivity contribution in [3.63, 3.8) is 0 Å². The normalized spacial score (nSPS) is 30.5. The van der Waals surface area contributed by atoms with Crippen LogP contribution >= 0.6 is 0 Å². The molecule has 0 saturated heterocycles. The van der Waals surface area contributed by atoms with Crippen LogP contribution in [0.25, 0.3) is 0 Å². The zero-order valence-corrected chi connectivity index (χ0v) is 7.46. The molecule has 2 rings (SSSR count). The van der Waals surface area contributed by atoms with Crippen LogP contribution in [0.3, 0.4) is 0 Å². The van der Waals surface area contributed by atoms with Gasteiger partial charge in [-0.25, -0.2) is 0 Å². The fourth-order valence-electron chi connectivity index (χ4n) is 1.55. The fraction of sp³-hybridized carbons (Fsp3) is 0.182. The van der Waals surface area contributed by atoms with Gasteiger partial charge in [0.15, 0.2) is 5.60 Å². The minimum Gasteiger partial charge on any atom is -0.466 e. The van der Waals surface area contributed by atoms with Crippen molar-refractivity contribution in [1.29, 1.82) is 0 Å². The van der Waals surface area contributed by atoms with Gasteiger partial charge in [0, 0.05) is 0 Å². The molecule has 0 aliphatic heterocycles. The summed E-state index contributed by atoms with van der Waals surface area (Å²) < 4.78 is 5.11. The van der Waals surface area contributed by atoms with Crippen LogP contribution in [0.1, 0.15) is 5.76 Å². The van der Waals surface area contributed by atoms with Gasteiger partial charge in [-0.3, -0.25) is 0 Å². The van der Waals surface area contributed by atoms with E-state index in [0.717, 1.165) is 0 Å². The fourth-order valence-corrected chi connectivity index (χ4v) is 1.55. The van der Waals surface area contributed by atoms with E-state index in [1.165, 1.54) is 6.26 Å². The Morgan fingerprint density at radius 2 is 2.36 bits per heavy atom. The highest BCUT2D eigenvalue weighted by molar-refractivity contribution is 5.61. The molecule has 2 atom stereocenters. The summed E-state index contributed by atoms with van der Waals surface area (Å²) in [7, 11) is 0. The van der Waals surface area contributed by atoms with Crippen molar-refractivity contribution in [3.8, 4) is 0 Å². The molecule has 1 aliphatic rings. The Labute approximate surface area is 81.4 Å². The third-order valence-electron chi connectivity index (χ3n) is 2.35. The maximum atomic E-state index is 10.8. The average Bonchev–Trinajstić information content (AvgIpc) is 2.72. The zero-order valence-electron chi connectivity index (χ0n) is 7.46. The van der Waals surface area contributed by atoms with E-state index in [0.29, 0.717) is 12.0 Å². The predicted octanol–water partition coefficient (Wildman–Crippen LogP) is 1.41. The number of carbonyl (C=O) groups is 1. The highest BCUT2D eigenvalue weighted by Crippen LogP contribution is 2.33. The van der Waals surface area contributed by atoms with Gasteiger partial charge in [0.1, 0.15) is 12.0 Å². The molecule has 3 nitrogen and oxygen atoms in total. The molecular weight excluding hydrogens is 180 g/mol. The molecule has 1 aliphatic carbocycles. The third-order valence-corrected chi connectivity index (χ3v) is 2.35. The van der Waals surface area contributed by atoms with Gasteiger partial charge < -0.3 is 14.3 Å². The van der Waals surface area contributed by atoms with Crippen molar-refractivity contribution < 1.29 is 14.3 Å². The Morgan fingerprint density at radius 1 is 1.50 bits per heavy atom. The standard InChI is InChI=1S/C11H10O3/c12-8-9-4-1-2-6-11(9,13)10-5-3-7-14-10/h1-9,13H. The number of rotatable bonds is 2. The quantitative estimate of drug-likeness (QED) is 0.717. The Kier molecular flexibility index (Phi) is 2.09. The molecule has 1 aromatic heterocycles. The first-order valence-corrected chi connectivity index (χ1v) is 4.35. The molecule has 0 saturated carbocycles. The first-order chi connectivity index (χ1) is 6.77. The van der Waals surface area contributed by atoms with E-state index < -0.39 is 11.5 Å². The summed E-state index contributed by atoms with van der Waals surface area (Å²) in [5.74, 6) is -0.200. The molecule has 0 bridgehead atoms. The maximum Gasteiger partial charge on any atom is 0.153 e. The molecule has 3 heteroatoms. The van der Waals surface area contributed by atoms with Gasteiger partial charge in [-0.1, -0.05) is 18.2 Å². The minimum atomic E-state index is -1.33. The van der Waals surface area contributed by atoms with E-state index >= 15 is 0 Å². The second-order valence-corrected chi connectivity index (χ2v) is 3.21. The summed E-state index contributed by atoms with van der Waals surface area (Å²) in [5.41, 5.74) is -1.33. The molecule has 1 aromatic rings. The molecule has 72 valence electrons. The first-order valence-electron chi connectivity index (χ1n) is 4.35. The van der Waals surface area contributed by atoms with Crippen molar-refractivity contribution in [2.24, 2.45) is 5.92 Å². The molecule has 0 aromatic carbocycles. The number of allylic oxidation sites excluding steroid dienone is 2. The number of furan rings is 1. The van der Waals surface area contributed by atoms with E-state index in [9.17, 15) is 9.90 Å². The third kappa shape index (κ3) is 1.22. The molecular formula is C11H10O3. The van der Waals surface area contributed by atoms with Crippen LogP contribution in [0.15, 0.2) is 47.1 Å². The van der Waals surface area contributed by atoms with Gasteiger partial charge >= 0.3 is 0 Å². The Balaban J connectivity index is 2.43. The Hall–Kier alpha value is -1.61. The van der Waals surface area contributed by atoms with Gasteiger partial charge in [-0.15, -0.1) is 0 Å². The lowest BCUT2D eigenvalue weighted by molar-refractivity contribution is -0.116. The van der Waals surface area contributed by atoms with E-state index in [4.69, 9.17) is 4.42 Å². The SMILES string of the molecule is O=CC1C=CC=CC1(O)c1ccco1. The van der Waals surface area contributed by atoms with Crippen molar-refractivity contribution >= 4 is 6.29 Å². The van der Waals surface area contributed by atoms with Gasteiger partial charge in [0.05, 0.1) is 12.2 Å². The van der Waals surface area contributed by atoms with Crippen LogP contribution < -0.4 is 0 Å². The van der Waals surface area contributed by atoms with Gasteiger partial charge in [-0.05, 0) is 18.2 Å². The summed E-state index contributed by atoms with van der Waals surface area (Å²) in [4.78, 5) is 10.8. The highest BCUT2D eigenvalue weighted by atomic mass is 16.4. The lowest BCUT2D eigenvalue weighted by Gasteiger charge is -2.27. The van der Waals surface area contributed by atoms with Crippen LogP contribution in [0.2, 0.25) is 0 Å². The van der Waals surface area contributed by atoms with Crippen LogP contribution in [0.5, 0.6) is 0 Å². The monoisotopic (exact) mass is 190 g/mol. The summed E-state index contributed by atoms with van der Waals surface area (Å²) in [6.07, 6.45) is 8.82. The van der Waals surface area contributed by atoms with E-state index in [1.807, 2.05) is 0 Å². The van der Waals surface area contributed by atoms with E-state index in [2.05, 4.69) is 0 Å². The van der Waals surface area contributed by atoms with Gasteiger partial charge in [-0.2, -0.15) is 0 Å². The highest BCUT2D eigenvalue weighted by Gasteiger charge is 2.38. The second-order valence-electron chi connectivity index (χ2n) is 3.21. The Morgan fingerprint density at radius 3 is 3.00 bits per heavy atom. The number of hydrogen-bond donors (Lipinski definition) is 1. The minimum absolute atomic E-state index is 0.384. The zero-order chi connectivity index (χ0) is 10.0. The summed E-state index contributed by atoms with van der Waals surface area (Å²) in [6.45, 7) is 0. The maximum absolute atomic E-state index is 10.8. The summed E-state index contributed by atoms with van der Waals surface area (Å²) in [5, 5.41) is 10.2. The molecule has 2 unspecified atom stereocenters. The van der Waals surface area contributed by atoms with Crippen molar-refractivity contribution in [2.75, 3.05) is 0 Å². The predicted molar refractivity (Wildman–Crippen MR) is 50.4 cm³/mol. The lowest BCUT2D eigenvalue weighted by Crippen LogP contribution is -2.33. The van der Waals surface area contributed by atoms with Gasteiger partial charge in [0.25, 0.3) is 0 Å². The van der Waals surface area contributed by atoms with Crippen LogP contribution in [-0.4, -0.2) is 11.4 Å². The summed E-state index contributed by atoms with van der Waals surface area (Å²) >= 11 is 0. The summed E-state index contributed by atoms with van der Waals surface area (Å²) in [6, 6.07) is 3.33. The second kappa shape index (κ2) is 3.27. The van der Waals surface area contributed by atoms with E-state index in [1.54, 1.807) is 36.4 Å². The Bertz CT molecular complexity index is 375. The van der Waals surface area contributed by atoms with Crippen molar-refractivity contribution in [3.05, 3.63) is 48.5 Å². The molecule has 1 heterocycles. The number of aldehydes is 1. The molecule has 1 N–H and O–H groups in total. The van der Waals surface area contributed by atoms with Crippen LogP contribution in [0.4, 0.5) is 0 Å². The largest absolute Gasteiger partial charge is 0.466 e. The molecule has 0 amide bonds. The molecule has 0 fully saturated rings. The van der Waals surface area contributed by atoms with E-state index in [-0.39, 0.29) is 0 Å². The van der Waals surface area contributed by atoms with Crippen LogP contribution in [-0.2, 0) is 10.4 Å². The molecule has 0 radical (unpaired) electrons. The first kappa shape index (κ1) is 8.97. The number of aliphatic hydroxyl groups is 1. The van der Waals surface area contributed by atoms with Crippen molar-refractivity contribution in [1.82, 2.24) is 0 Å². The van der Waals surface area contributed by atoms with Gasteiger partial charge in [0.2, 0.25) is 0 Å². The number of carbonyl (C=O) groups excluding carboxylic acids is 1. The van der Waals surface area contributed by atoms with Crippen molar-refractivity contribution in [2.45, 2.75) is 5.60 Å². The van der Waals surface area contributed by atoms with Crippen LogP contribution in [0, 0.1) is 5.92 Å². The lowest BCUT2D eigenvalue weighted by atomic mass is 9.83. The average molecular weight is 190 g/mol. The molecule has 0 spiro atoms. The smallest absolute Gasteiger partial charge is 0.153 e. The topological polar surface area (TPSA) is 50.4 Å². The number of hydrogen-bond acceptors (Lipinski definition) is 3.